The number of rotatable bonds is 1. The van der Waals surface area contributed by atoms with Crippen molar-refractivity contribution >= 4 is 52.2 Å². The van der Waals surface area contributed by atoms with Gasteiger partial charge in [0.15, 0.2) is 0 Å². The number of carbonyl (C=O) groups excluding carboxylic acids is 1. The molecule has 1 unspecified atom stereocenters. The van der Waals surface area contributed by atoms with Gasteiger partial charge in [0, 0.05) is 31.1 Å². The second-order valence-electron chi connectivity index (χ2n) is 3.69. The van der Waals surface area contributed by atoms with Crippen LogP contribution in [-0.2, 0) is 0 Å². The first-order valence-corrected chi connectivity index (χ1v) is 6.90. The lowest BCUT2D eigenvalue weighted by molar-refractivity contribution is 0.0656. The van der Waals surface area contributed by atoms with E-state index in [1.165, 1.54) is 2.88 Å². The third-order valence-corrected chi connectivity index (χ3v) is 4.37. The molecular formula is C10H14ClIN2OS. The third kappa shape index (κ3) is 3.09. The number of nitrogens with zero attached hydrogens (tertiary/aromatic N) is 1. The van der Waals surface area contributed by atoms with Crippen LogP contribution in [0.1, 0.15) is 17.3 Å². The van der Waals surface area contributed by atoms with Crippen molar-refractivity contribution in [2.24, 2.45) is 0 Å². The van der Waals surface area contributed by atoms with Gasteiger partial charge in [0.25, 0.3) is 5.91 Å². The van der Waals surface area contributed by atoms with Gasteiger partial charge >= 0.3 is 0 Å². The molecule has 6 heteroatoms. The predicted molar refractivity (Wildman–Crippen MR) is 77.7 cm³/mol. The van der Waals surface area contributed by atoms with Crippen LogP contribution in [0.25, 0.3) is 0 Å². The van der Waals surface area contributed by atoms with Crippen LogP contribution in [0, 0.1) is 2.88 Å². The average Bonchev–Trinajstić information content (AvgIpc) is 2.65. The first kappa shape index (κ1) is 14.2. The lowest BCUT2D eigenvalue weighted by atomic mass is 10.2. The minimum atomic E-state index is 0. The maximum Gasteiger partial charge on any atom is 0.255 e. The predicted octanol–water partition coefficient (Wildman–Crippen LogP) is 2.21. The number of nitrogens with one attached hydrogen (secondary N) is 1. The smallest absolute Gasteiger partial charge is 0.255 e. The Labute approximate surface area is 119 Å². The fourth-order valence-corrected chi connectivity index (χ4v) is 3.05. The number of halogens is 2. The van der Waals surface area contributed by atoms with Crippen LogP contribution < -0.4 is 5.32 Å². The van der Waals surface area contributed by atoms with E-state index in [0.29, 0.717) is 6.04 Å². The summed E-state index contributed by atoms with van der Waals surface area (Å²) in [6, 6.07) is 2.26. The van der Waals surface area contributed by atoms with E-state index in [1.54, 1.807) is 11.3 Å². The Balaban J connectivity index is 0.00000128. The summed E-state index contributed by atoms with van der Waals surface area (Å²) in [5.41, 5.74) is 0.832. The Kier molecular flexibility index (Phi) is 5.49. The van der Waals surface area contributed by atoms with Gasteiger partial charge in [-0.25, -0.2) is 0 Å². The first-order valence-electron chi connectivity index (χ1n) is 4.94. The number of piperazine rings is 1. The van der Waals surface area contributed by atoms with Crippen molar-refractivity contribution in [3.8, 4) is 0 Å². The summed E-state index contributed by atoms with van der Waals surface area (Å²) in [6.45, 7) is 4.69. The van der Waals surface area contributed by atoms with Gasteiger partial charge in [0.2, 0.25) is 0 Å². The average molecular weight is 373 g/mol. The summed E-state index contributed by atoms with van der Waals surface area (Å²) < 4.78 is 1.17. The van der Waals surface area contributed by atoms with Gasteiger partial charge in [-0.1, -0.05) is 0 Å². The summed E-state index contributed by atoms with van der Waals surface area (Å²) in [4.78, 5) is 14.1. The molecule has 1 atom stereocenters. The molecule has 3 nitrogen and oxygen atoms in total. The number of amides is 1. The van der Waals surface area contributed by atoms with Crippen molar-refractivity contribution in [3.63, 3.8) is 0 Å². The molecule has 1 aromatic heterocycles. The van der Waals surface area contributed by atoms with E-state index in [9.17, 15) is 4.79 Å². The van der Waals surface area contributed by atoms with E-state index in [4.69, 9.17) is 0 Å². The molecule has 1 N–H and O–H groups in total. The van der Waals surface area contributed by atoms with Crippen molar-refractivity contribution in [2.75, 3.05) is 19.6 Å². The van der Waals surface area contributed by atoms with Crippen molar-refractivity contribution in [1.82, 2.24) is 10.2 Å². The minimum Gasteiger partial charge on any atom is -0.333 e. The fourth-order valence-electron chi connectivity index (χ4n) is 1.73. The van der Waals surface area contributed by atoms with Crippen LogP contribution in [0.15, 0.2) is 11.4 Å². The number of hydrogen-bond donors (Lipinski definition) is 1. The Morgan fingerprint density at radius 2 is 2.44 bits per heavy atom. The van der Waals surface area contributed by atoms with Gasteiger partial charge in [-0.2, -0.15) is 0 Å². The quantitative estimate of drug-likeness (QED) is 0.767. The van der Waals surface area contributed by atoms with E-state index in [2.05, 4.69) is 34.8 Å². The van der Waals surface area contributed by atoms with E-state index in [0.717, 1.165) is 25.2 Å². The highest BCUT2D eigenvalue weighted by Gasteiger charge is 2.24. The van der Waals surface area contributed by atoms with Crippen molar-refractivity contribution in [3.05, 3.63) is 19.9 Å². The number of hydrogen-bond acceptors (Lipinski definition) is 3. The van der Waals surface area contributed by atoms with Crippen LogP contribution in [0.3, 0.4) is 0 Å². The zero-order valence-electron chi connectivity index (χ0n) is 8.90. The molecule has 0 spiro atoms. The molecule has 90 valence electrons. The van der Waals surface area contributed by atoms with E-state index < -0.39 is 0 Å². The highest BCUT2D eigenvalue weighted by atomic mass is 127. The fraction of sp³-hybridized carbons (Fsp3) is 0.500. The number of thiophene rings is 1. The topological polar surface area (TPSA) is 32.3 Å². The Morgan fingerprint density at radius 3 is 3.00 bits per heavy atom. The molecule has 1 saturated heterocycles. The normalized spacial score (nSPS) is 20.4. The summed E-state index contributed by atoms with van der Waals surface area (Å²) in [5, 5.41) is 5.23. The van der Waals surface area contributed by atoms with Crippen LogP contribution >= 0.6 is 46.3 Å². The maximum atomic E-state index is 12.1. The second kappa shape index (κ2) is 6.18. The first-order chi connectivity index (χ1) is 7.18. The standard InChI is InChI=1S/C10H13IN2OS.ClH/c1-7-5-12-2-3-13(7)10(14)8-4-9(11)15-6-8;/h4,6-7,12H,2-3,5H2,1H3;1H. The highest BCUT2D eigenvalue weighted by molar-refractivity contribution is 14.1. The molecule has 0 aliphatic carbocycles. The SMILES string of the molecule is CC1CNCCN1C(=O)c1csc(I)c1.Cl. The van der Waals surface area contributed by atoms with Crippen LogP contribution in [0.4, 0.5) is 0 Å². The van der Waals surface area contributed by atoms with Gasteiger partial charge in [0.05, 0.1) is 8.45 Å². The third-order valence-electron chi connectivity index (χ3n) is 2.58. The van der Waals surface area contributed by atoms with Gasteiger partial charge in [-0.3, -0.25) is 4.79 Å². The lowest BCUT2D eigenvalue weighted by Crippen LogP contribution is -2.52. The molecular weight excluding hydrogens is 359 g/mol. The molecule has 0 saturated carbocycles. The Bertz CT molecular complexity index is 371. The maximum absolute atomic E-state index is 12.1. The lowest BCUT2D eigenvalue weighted by Gasteiger charge is -2.33. The molecule has 0 bridgehead atoms. The Hall–Kier alpha value is 0.150. The molecule has 0 aromatic carbocycles. The molecule has 0 radical (unpaired) electrons. The molecule has 2 heterocycles. The minimum absolute atomic E-state index is 0. The summed E-state index contributed by atoms with van der Waals surface area (Å²) >= 11 is 3.87. The second-order valence-corrected chi connectivity index (χ2v) is 6.50. The largest absolute Gasteiger partial charge is 0.333 e. The summed E-state index contributed by atoms with van der Waals surface area (Å²) in [7, 11) is 0. The summed E-state index contributed by atoms with van der Waals surface area (Å²) in [5.74, 6) is 0.170. The van der Waals surface area contributed by atoms with E-state index in [-0.39, 0.29) is 18.3 Å². The molecule has 1 aliphatic heterocycles. The molecule has 1 amide bonds. The number of carbonyl (C=O) groups is 1. The van der Waals surface area contributed by atoms with Crippen LogP contribution in [-0.4, -0.2) is 36.5 Å². The van der Waals surface area contributed by atoms with Gasteiger partial charge in [-0.05, 0) is 35.6 Å². The zero-order chi connectivity index (χ0) is 10.8. The van der Waals surface area contributed by atoms with Crippen molar-refractivity contribution in [1.29, 1.82) is 0 Å². The summed E-state index contributed by atoms with van der Waals surface area (Å²) in [6.07, 6.45) is 0. The van der Waals surface area contributed by atoms with E-state index >= 15 is 0 Å². The van der Waals surface area contributed by atoms with Crippen LogP contribution in [0.2, 0.25) is 0 Å². The van der Waals surface area contributed by atoms with E-state index in [1.807, 2.05) is 16.3 Å². The zero-order valence-corrected chi connectivity index (χ0v) is 12.7. The molecule has 1 fully saturated rings. The van der Waals surface area contributed by atoms with Gasteiger partial charge in [-0.15, -0.1) is 23.7 Å². The van der Waals surface area contributed by atoms with Gasteiger partial charge in [0.1, 0.15) is 0 Å². The molecule has 1 aromatic rings. The Morgan fingerprint density at radius 1 is 1.69 bits per heavy atom. The molecule has 2 rings (SSSR count). The van der Waals surface area contributed by atoms with Crippen LogP contribution in [0.5, 0.6) is 0 Å². The van der Waals surface area contributed by atoms with Gasteiger partial charge < -0.3 is 10.2 Å². The molecule has 16 heavy (non-hydrogen) atoms. The molecule has 1 aliphatic rings. The van der Waals surface area contributed by atoms with Crippen molar-refractivity contribution in [2.45, 2.75) is 13.0 Å². The van der Waals surface area contributed by atoms with Crippen molar-refractivity contribution < 1.29 is 4.79 Å². The highest BCUT2D eigenvalue weighted by Crippen LogP contribution is 2.19. The monoisotopic (exact) mass is 372 g/mol.